The van der Waals surface area contributed by atoms with Gasteiger partial charge in [0.2, 0.25) is 5.91 Å². The first kappa shape index (κ1) is 22.3. The summed E-state index contributed by atoms with van der Waals surface area (Å²) in [5.41, 5.74) is 5.46. The van der Waals surface area contributed by atoms with Crippen LogP contribution >= 0.6 is 0 Å². The van der Waals surface area contributed by atoms with Crippen LogP contribution in [0.5, 0.6) is 0 Å². The molecule has 5 aromatic rings. The maximum Gasteiger partial charge on any atom is 0.220 e. The van der Waals surface area contributed by atoms with Gasteiger partial charge in [0.25, 0.3) is 0 Å². The first-order valence-corrected chi connectivity index (χ1v) is 11.7. The van der Waals surface area contributed by atoms with Crippen molar-refractivity contribution < 1.29 is 9.21 Å². The Kier molecular flexibility index (Phi) is 6.80. The van der Waals surface area contributed by atoms with Crippen molar-refractivity contribution in [2.75, 3.05) is 0 Å². The number of amides is 1. The molecule has 0 atom stereocenters. The molecule has 0 radical (unpaired) electrons. The molecule has 6 nitrogen and oxygen atoms in total. The van der Waals surface area contributed by atoms with Gasteiger partial charge in [-0.05, 0) is 28.3 Å². The average Bonchev–Trinajstić information content (AvgIpc) is 3.60. The number of aryl methyl sites for hydroxylation is 1. The molecule has 0 aliphatic rings. The quantitative estimate of drug-likeness (QED) is 0.314. The monoisotopic (exact) mass is 462 g/mol. The van der Waals surface area contributed by atoms with Gasteiger partial charge in [-0.3, -0.25) is 9.48 Å². The maximum absolute atomic E-state index is 12.5. The molecule has 2 heterocycles. The zero-order valence-corrected chi connectivity index (χ0v) is 19.3. The summed E-state index contributed by atoms with van der Waals surface area (Å²) in [5.74, 6) is 1.24. The van der Waals surface area contributed by atoms with E-state index in [0.29, 0.717) is 31.0 Å². The number of rotatable bonds is 9. The predicted molar refractivity (Wildman–Crippen MR) is 135 cm³/mol. The Morgan fingerprint density at radius 2 is 1.69 bits per heavy atom. The van der Waals surface area contributed by atoms with Crippen molar-refractivity contribution in [3.63, 3.8) is 0 Å². The number of aromatic nitrogens is 3. The van der Waals surface area contributed by atoms with E-state index in [9.17, 15) is 4.79 Å². The molecule has 0 spiro atoms. The van der Waals surface area contributed by atoms with Gasteiger partial charge in [-0.2, -0.15) is 5.10 Å². The highest BCUT2D eigenvalue weighted by Crippen LogP contribution is 2.24. The van der Waals surface area contributed by atoms with E-state index in [0.717, 1.165) is 28.8 Å². The Morgan fingerprint density at radius 1 is 0.886 bits per heavy atom. The number of nitrogens with one attached hydrogen (secondary N) is 1. The normalized spacial score (nSPS) is 10.9. The lowest BCUT2D eigenvalue weighted by atomic mass is 9.98. The maximum atomic E-state index is 12.5. The molecule has 3 aromatic carbocycles. The highest BCUT2D eigenvalue weighted by molar-refractivity contribution is 5.76. The Hall–Kier alpha value is -4.45. The molecule has 2 aromatic heterocycles. The fourth-order valence-electron chi connectivity index (χ4n) is 3.99. The van der Waals surface area contributed by atoms with Gasteiger partial charge >= 0.3 is 0 Å². The first-order chi connectivity index (χ1) is 17.2. The molecule has 0 aliphatic carbocycles. The van der Waals surface area contributed by atoms with Gasteiger partial charge in [-0.1, -0.05) is 78.9 Å². The van der Waals surface area contributed by atoms with Crippen molar-refractivity contribution in [3.05, 3.63) is 121 Å². The third-order valence-electron chi connectivity index (χ3n) is 5.84. The number of carbonyl (C=O) groups excluding carboxylic acids is 1. The molecular weight excluding hydrogens is 436 g/mol. The minimum absolute atomic E-state index is 0.0335. The van der Waals surface area contributed by atoms with Crippen LogP contribution in [-0.4, -0.2) is 20.7 Å². The van der Waals surface area contributed by atoms with Crippen LogP contribution in [0.1, 0.15) is 23.4 Å². The predicted octanol–water partition coefficient (Wildman–Crippen LogP) is 5.50. The number of carbonyl (C=O) groups is 1. The molecule has 1 amide bonds. The smallest absolute Gasteiger partial charge is 0.220 e. The summed E-state index contributed by atoms with van der Waals surface area (Å²) >= 11 is 0. The van der Waals surface area contributed by atoms with Crippen LogP contribution in [0.2, 0.25) is 0 Å². The number of hydrogen-bond donors (Lipinski definition) is 1. The van der Waals surface area contributed by atoms with Crippen molar-refractivity contribution in [2.24, 2.45) is 0 Å². The van der Waals surface area contributed by atoms with Gasteiger partial charge < -0.3 is 9.73 Å². The zero-order valence-electron chi connectivity index (χ0n) is 19.3. The van der Waals surface area contributed by atoms with Crippen molar-refractivity contribution in [1.82, 2.24) is 20.1 Å². The van der Waals surface area contributed by atoms with Crippen LogP contribution in [0.4, 0.5) is 0 Å². The van der Waals surface area contributed by atoms with Crippen molar-refractivity contribution in [3.8, 4) is 22.5 Å². The molecule has 0 aliphatic heterocycles. The van der Waals surface area contributed by atoms with Crippen LogP contribution in [0, 0.1) is 0 Å². The largest absolute Gasteiger partial charge is 0.441 e. The molecule has 35 heavy (non-hydrogen) atoms. The van der Waals surface area contributed by atoms with Crippen molar-refractivity contribution >= 4 is 5.91 Å². The Labute approximate surface area is 204 Å². The SMILES string of the molecule is O=C(CCc1ncc(-c2ccccc2)o1)NCc1ccccc1-c1ccc(Cn2cccn2)cc1. The van der Waals surface area contributed by atoms with Gasteiger partial charge in [0.1, 0.15) is 0 Å². The topological polar surface area (TPSA) is 73.0 Å². The second-order valence-corrected chi connectivity index (χ2v) is 8.32. The molecule has 174 valence electrons. The first-order valence-electron chi connectivity index (χ1n) is 11.7. The second-order valence-electron chi connectivity index (χ2n) is 8.32. The molecule has 0 fully saturated rings. The molecule has 0 saturated heterocycles. The molecule has 0 saturated carbocycles. The van der Waals surface area contributed by atoms with Gasteiger partial charge in [-0.15, -0.1) is 0 Å². The van der Waals surface area contributed by atoms with Gasteiger partial charge in [0.15, 0.2) is 11.7 Å². The summed E-state index contributed by atoms with van der Waals surface area (Å²) in [6.07, 6.45) is 6.22. The van der Waals surface area contributed by atoms with Crippen LogP contribution in [0.25, 0.3) is 22.5 Å². The third kappa shape index (κ3) is 5.73. The van der Waals surface area contributed by atoms with Gasteiger partial charge in [-0.25, -0.2) is 4.98 Å². The lowest BCUT2D eigenvalue weighted by molar-refractivity contribution is -0.121. The second kappa shape index (κ2) is 10.7. The van der Waals surface area contributed by atoms with Crippen LogP contribution in [0.3, 0.4) is 0 Å². The number of oxazole rings is 1. The Morgan fingerprint density at radius 3 is 2.49 bits per heavy atom. The molecular formula is C29H26N4O2. The minimum Gasteiger partial charge on any atom is -0.441 e. The molecule has 0 bridgehead atoms. The summed E-state index contributed by atoms with van der Waals surface area (Å²) in [7, 11) is 0. The van der Waals surface area contributed by atoms with E-state index in [2.05, 4.69) is 45.7 Å². The standard InChI is InChI=1S/C29H26N4O2/c34-28(15-16-29-31-20-27(35-29)24-7-2-1-3-8-24)30-19-25-9-4-5-10-26(25)23-13-11-22(12-14-23)21-33-18-6-17-32-33/h1-14,17-18,20H,15-16,19,21H2,(H,30,34). The van der Waals surface area contributed by atoms with E-state index >= 15 is 0 Å². The summed E-state index contributed by atoms with van der Waals surface area (Å²) in [6.45, 7) is 1.20. The summed E-state index contributed by atoms with van der Waals surface area (Å²) in [5, 5.41) is 7.30. The summed E-state index contributed by atoms with van der Waals surface area (Å²) in [4.78, 5) is 16.8. The van der Waals surface area contributed by atoms with E-state index in [1.54, 1.807) is 12.4 Å². The Balaban J connectivity index is 1.17. The molecule has 1 N–H and O–H groups in total. The highest BCUT2D eigenvalue weighted by Gasteiger charge is 2.10. The van der Waals surface area contributed by atoms with Crippen molar-refractivity contribution in [2.45, 2.75) is 25.9 Å². The van der Waals surface area contributed by atoms with E-state index in [1.807, 2.05) is 65.5 Å². The zero-order chi connectivity index (χ0) is 23.9. The average molecular weight is 463 g/mol. The molecule has 5 rings (SSSR count). The number of nitrogens with zero attached hydrogens (tertiary/aromatic N) is 3. The summed E-state index contributed by atoms with van der Waals surface area (Å²) < 4.78 is 7.71. The molecule has 6 heteroatoms. The van der Waals surface area contributed by atoms with Crippen LogP contribution in [-0.2, 0) is 24.3 Å². The van der Waals surface area contributed by atoms with E-state index in [-0.39, 0.29) is 5.91 Å². The third-order valence-corrected chi connectivity index (χ3v) is 5.84. The minimum atomic E-state index is -0.0335. The van der Waals surface area contributed by atoms with Crippen molar-refractivity contribution in [1.29, 1.82) is 0 Å². The lowest BCUT2D eigenvalue weighted by Gasteiger charge is -2.12. The van der Waals surface area contributed by atoms with E-state index in [1.165, 1.54) is 5.56 Å². The van der Waals surface area contributed by atoms with Crippen LogP contribution in [0.15, 0.2) is 108 Å². The van der Waals surface area contributed by atoms with Crippen LogP contribution < -0.4 is 5.32 Å². The Bertz CT molecular complexity index is 1370. The fraction of sp³-hybridized carbons (Fsp3) is 0.138. The van der Waals surface area contributed by atoms with Gasteiger partial charge in [0, 0.05) is 37.3 Å². The van der Waals surface area contributed by atoms with Gasteiger partial charge in [0.05, 0.1) is 12.7 Å². The molecule has 0 unspecified atom stereocenters. The highest BCUT2D eigenvalue weighted by atomic mass is 16.4. The summed E-state index contributed by atoms with van der Waals surface area (Å²) in [6, 6.07) is 28.4. The fourth-order valence-corrected chi connectivity index (χ4v) is 3.99. The number of benzene rings is 3. The lowest BCUT2D eigenvalue weighted by Crippen LogP contribution is -2.23. The number of hydrogen-bond acceptors (Lipinski definition) is 4. The van der Waals surface area contributed by atoms with E-state index in [4.69, 9.17) is 4.42 Å². The van der Waals surface area contributed by atoms with E-state index < -0.39 is 0 Å².